The van der Waals surface area contributed by atoms with Gasteiger partial charge in [-0.3, -0.25) is 4.79 Å². The average Bonchev–Trinajstić information content (AvgIpc) is 2.62. The molecule has 0 bridgehead atoms. The lowest BCUT2D eigenvalue weighted by atomic mass is 10.1. The van der Waals surface area contributed by atoms with E-state index in [0.29, 0.717) is 30.0 Å². The van der Waals surface area contributed by atoms with E-state index >= 15 is 0 Å². The van der Waals surface area contributed by atoms with Crippen LogP contribution in [0.1, 0.15) is 41.8 Å². The summed E-state index contributed by atoms with van der Waals surface area (Å²) in [6.07, 6.45) is -0.0544. The minimum Gasteiger partial charge on any atom is -0.480 e. The highest BCUT2D eigenvalue weighted by molar-refractivity contribution is 5.95. The lowest BCUT2D eigenvalue weighted by Gasteiger charge is -2.19. The Morgan fingerprint density at radius 2 is 1.73 bits per heavy atom. The van der Waals surface area contributed by atoms with Crippen molar-refractivity contribution < 1.29 is 19.1 Å². The molecule has 0 fully saturated rings. The van der Waals surface area contributed by atoms with Crippen LogP contribution in [0.4, 0.5) is 5.69 Å². The van der Waals surface area contributed by atoms with Crippen LogP contribution in [-0.4, -0.2) is 24.6 Å². The van der Waals surface area contributed by atoms with Crippen molar-refractivity contribution in [1.29, 1.82) is 0 Å². The third-order valence-electron chi connectivity index (χ3n) is 3.93. The summed E-state index contributed by atoms with van der Waals surface area (Å²) in [7, 11) is 0. The molecular weight excluding hydrogens is 330 g/mol. The number of amides is 1. The number of anilines is 1. The van der Waals surface area contributed by atoms with E-state index in [-0.39, 0.29) is 11.9 Å². The second-order valence-electron chi connectivity index (χ2n) is 6.07. The highest BCUT2D eigenvalue weighted by atomic mass is 16.5. The highest BCUT2D eigenvalue weighted by Crippen LogP contribution is 2.21. The van der Waals surface area contributed by atoms with Crippen molar-refractivity contribution >= 4 is 17.6 Å². The van der Waals surface area contributed by atoms with Crippen molar-refractivity contribution in [2.75, 3.05) is 11.9 Å². The number of nitrogens with one attached hydrogen (secondary N) is 1. The Bertz CT molecular complexity index is 768. The Morgan fingerprint density at radius 3 is 2.31 bits per heavy atom. The predicted molar refractivity (Wildman–Crippen MR) is 102 cm³/mol. The number of aryl methyl sites for hydroxylation is 2. The molecule has 0 heterocycles. The maximum absolute atomic E-state index is 12.5. The first-order valence-corrected chi connectivity index (χ1v) is 8.76. The van der Waals surface area contributed by atoms with Gasteiger partial charge in [-0.15, -0.1) is 0 Å². The van der Waals surface area contributed by atoms with Crippen LogP contribution < -0.4 is 10.1 Å². The zero-order chi connectivity index (χ0) is 19.1. The van der Waals surface area contributed by atoms with Crippen LogP contribution in [0.3, 0.4) is 0 Å². The molecule has 0 radical (unpaired) electrons. The highest BCUT2D eigenvalue weighted by Gasteiger charge is 2.19. The maximum atomic E-state index is 12.5. The summed E-state index contributed by atoms with van der Waals surface area (Å²) in [4.78, 5) is 24.2. The van der Waals surface area contributed by atoms with Gasteiger partial charge in [0.05, 0.1) is 12.2 Å². The van der Waals surface area contributed by atoms with Crippen LogP contribution in [0.5, 0.6) is 5.75 Å². The fourth-order valence-electron chi connectivity index (χ4n) is 2.53. The first-order chi connectivity index (χ1) is 12.4. The van der Waals surface area contributed by atoms with Crippen LogP contribution in [0.25, 0.3) is 0 Å². The summed E-state index contributed by atoms with van der Waals surface area (Å²) in [5.74, 6) is 0.0987. The molecule has 1 atom stereocenters. The van der Waals surface area contributed by atoms with E-state index in [2.05, 4.69) is 5.32 Å². The van der Waals surface area contributed by atoms with Crippen molar-refractivity contribution in [1.82, 2.24) is 0 Å². The fourth-order valence-corrected chi connectivity index (χ4v) is 2.53. The van der Waals surface area contributed by atoms with Gasteiger partial charge in [-0.25, -0.2) is 4.79 Å². The second-order valence-corrected chi connectivity index (χ2v) is 6.07. The molecule has 0 aliphatic heterocycles. The Hall–Kier alpha value is -2.82. The average molecular weight is 355 g/mol. The second kappa shape index (κ2) is 9.04. The molecule has 0 aliphatic carbocycles. The van der Waals surface area contributed by atoms with Gasteiger partial charge in [0.1, 0.15) is 5.75 Å². The minimum atomic E-state index is -0.596. The molecule has 2 rings (SSSR count). The number of hydrogen-bond acceptors (Lipinski definition) is 4. The molecular formula is C21H25NO4. The molecule has 0 aromatic heterocycles. The van der Waals surface area contributed by atoms with E-state index < -0.39 is 6.10 Å². The van der Waals surface area contributed by atoms with Gasteiger partial charge in [-0.05, 0) is 63.1 Å². The molecule has 1 N–H and O–H groups in total. The van der Waals surface area contributed by atoms with Crippen molar-refractivity contribution in [2.24, 2.45) is 0 Å². The van der Waals surface area contributed by atoms with E-state index in [1.165, 1.54) is 0 Å². The minimum absolute atomic E-state index is 0.226. The zero-order valence-electron chi connectivity index (χ0n) is 15.7. The molecule has 5 nitrogen and oxygen atoms in total. The summed E-state index contributed by atoms with van der Waals surface area (Å²) >= 11 is 0. The lowest BCUT2D eigenvalue weighted by molar-refractivity contribution is -0.122. The maximum Gasteiger partial charge on any atom is 0.338 e. The van der Waals surface area contributed by atoms with Crippen molar-refractivity contribution in [3.63, 3.8) is 0 Å². The summed E-state index contributed by atoms with van der Waals surface area (Å²) in [5, 5.41) is 2.83. The van der Waals surface area contributed by atoms with Crippen LogP contribution in [-0.2, 0) is 9.53 Å². The summed E-state index contributed by atoms with van der Waals surface area (Å²) in [6.45, 7) is 7.96. The van der Waals surface area contributed by atoms with E-state index in [9.17, 15) is 9.59 Å². The molecule has 2 aromatic carbocycles. The summed E-state index contributed by atoms with van der Waals surface area (Å²) < 4.78 is 10.8. The van der Waals surface area contributed by atoms with Crippen molar-refractivity contribution in [3.8, 4) is 5.75 Å². The molecule has 0 unspecified atom stereocenters. The molecule has 5 heteroatoms. The van der Waals surface area contributed by atoms with E-state index in [0.717, 1.165) is 11.1 Å². The van der Waals surface area contributed by atoms with Gasteiger partial charge >= 0.3 is 5.97 Å². The third kappa shape index (κ3) is 5.09. The normalized spacial score (nSPS) is 11.5. The van der Waals surface area contributed by atoms with E-state index in [1.807, 2.05) is 39.0 Å². The van der Waals surface area contributed by atoms with Gasteiger partial charge in [-0.2, -0.15) is 0 Å². The quantitative estimate of drug-likeness (QED) is 0.753. The third-order valence-corrected chi connectivity index (χ3v) is 3.93. The standard InChI is InChI=1S/C21H25NO4/c1-5-18(26-19-12-7-14(3)13-15(19)4)20(23)22-17-10-8-16(9-11-17)21(24)25-6-2/h7-13,18H,5-6H2,1-4H3,(H,22,23)/t18-/m0/s1. The SMILES string of the molecule is CCOC(=O)c1ccc(NC(=O)[C@H](CC)Oc2ccc(C)cc2C)cc1. The molecule has 0 saturated heterocycles. The topological polar surface area (TPSA) is 64.6 Å². The lowest BCUT2D eigenvalue weighted by Crippen LogP contribution is -2.32. The number of carbonyl (C=O) groups excluding carboxylic acids is 2. The van der Waals surface area contributed by atoms with Crippen LogP contribution in [0, 0.1) is 13.8 Å². The van der Waals surface area contributed by atoms with Crippen LogP contribution in [0.15, 0.2) is 42.5 Å². The van der Waals surface area contributed by atoms with E-state index in [4.69, 9.17) is 9.47 Å². The molecule has 138 valence electrons. The molecule has 26 heavy (non-hydrogen) atoms. The Labute approximate surface area is 154 Å². The molecule has 0 spiro atoms. The number of carbonyl (C=O) groups is 2. The number of hydrogen-bond donors (Lipinski definition) is 1. The van der Waals surface area contributed by atoms with Crippen molar-refractivity contribution in [3.05, 3.63) is 59.2 Å². The molecule has 2 aromatic rings. The summed E-state index contributed by atoms with van der Waals surface area (Å²) in [6, 6.07) is 12.5. The monoisotopic (exact) mass is 355 g/mol. The molecule has 0 aliphatic rings. The first-order valence-electron chi connectivity index (χ1n) is 8.76. The van der Waals surface area contributed by atoms with Gasteiger partial charge in [0.2, 0.25) is 0 Å². The van der Waals surface area contributed by atoms with Crippen LogP contribution in [0.2, 0.25) is 0 Å². The number of benzene rings is 2. The van der Waals surface area contributed by atoms with Crippen molar-refractivity contribution in [2.45, 2.75) is 40.2 Å². The van der Waals surface area contributed by atoms with Gasteiger partial charge in [-0.1, -0.05) is 24.6 Å². The number of ether oxygens (including phenoxy) is 2. The van der Waals surface area contributed by atoms with Gasteiger partial charge in [0.15, 0.2) is 6.10 Å². The predicted octanol–water partition coefficient (Wildman–Crippen LogP) is 4.28. The van der Waals surface area contributed by atoms with Gasteiger partial charge < -0.3 is 14.8 Å². The van der Waals surface area contributed by atoms with Gasteiger partial charge in [0.25, 0.3) is 5.91 Å². The Balaban J connectivity index is 2.03. The smallest absolute Gasteiger partial charge is 0.338 e. The molecule has 0 saturated carbocycles. The van der Waals surface area contributed by atoms with Gasteiger partial charge in [0, 0.05) is 5.69 Å². The largest absolute Gasteiger partial charge is 0.480 e. The zero-order valence-corrected chi connectivity index (χ0v) is 15.7. The fraction of sp³-hybridized carbons (Fsp3) is 0.333. The molecule has 1 amide bonds. The number of rotatable bonds is 7. The number of esters is 1. The summed E-state index contributed by atoms with van der Waals surface area (Å²) in [5.41, 5.74) is 3.19. The first kappa shape index (κ1) is 19.5. The van der Waals surface area contributed by atoms with Crippen LogP contribution >= 0.6 is 0 Å². The Morgan fingerprint density at radius 1 is 1.04 bits per heavy atom. The Kier molecular flexibility index (Phi) is 6.78. The van der Waals surface area contributed by atoms with E-state index in [1.54, 1.807) is 31.2 Å².